The standard InChI is InChI=1S/C19H29N5S/c20-19(25)22-21-15-16-7-9-18(10-8-16)24-13-11-23(12-14-24)17-5-3-1-2-4-6-17/h7-10,15,17H,1-6,11-14H2,(H3,20,22,25). The Labute approximate surface area is 156 Å². The Morgan fingerprint density at radius 3 is 2.28 bits per heavy atom. The lowest BCUT2D eigenvalue weighted by molar-refractivity contribution is 0.169. The number of nitrogens with one attached hydrogen (secondary N) is 1. The smallest absolute Gasteiger partial charge is 0.184 e. The van der Waals surface area contributed by atoms with Gasteiger partial charge in [-0.1, -0.05) is 37.8 Å². The van der Waals surface area contributed by atoms with Crippen molar-refractivity contribution >= 4 is 29.2 Å². The highest BCUT2D eigenvalue weighted by atomic mass is 32.1. The van der Waals surface area contributed by atoms with Gasteiger partial charge in [-0.2, -0.15) is 5.10 Å². The topological polar surface area (TPSA) is 56.9 Å². The number of benzene rings is 1. The Balaban J connectivity index is 1.50. The predicted molar refractivity (Wildman–Crippen MR) is 109 cm³/mol. The molecular weight excluding hydrogens is 330 g/mol. The van der Waals surface area contributed by atoms with Gasteiger partial charge in [0.05, 0.1) is 6.21 Å². The first-order chi connectivity index (χ1) is 12.2. The maximum Gasteiger partial charge on any atom is 0.184 e. The number of piperazine rings is 1. The minimum atomic E-state index is 0.180. The summed E-state index contributed by atoms with van der Waals surface area (Å²) in [6.45, 7) is 4.61. The maximum atomic E-state index is 5.35. The highest BCUT2D eigenvalue weighted by Gasteiger charge is 2.24. The van der Waals surface area contributed by atoms with Gasteiger partial charge in [0.2, 0.25) is 0 Å². The molecule has 25 heavy (non-hydrogen) atoms. The summed E-state index contributed by atoms with van der Waals surface area (Å²) < 4.78 is 0. The molecule has 1 aliphatic heterocycles. The summed E-state index contributed by atoms with van der Waals surface area (Å²) in [7, 11) is 0. The van der Waals surface area contributed by atoms with Crippen LogP contribution in [0, 0.1) is 0 Å². The SMILES string of the molecule is NC(=S)NN=Cc1ccc(N2CCN(C3CCCCCC3)CC2)cc1. The Hall–Kier alpha value is -1.66. The minimum Gasteiger partial charge on any atom is -0.375 e. The van der Waals surface area contributed by atoms with Gasteiger partial charge >= 0.3 is 0 Å². The van der Waals surface area contributed by atoms with Crippen LogP contribution < -0.4 is 16.1 Å². The Morgan fingerprint density at radius 1 is 1.04 bits per heavy atom. The Bertz CT molecular complexity index is 570. The molecule has 1 heterocycles. The van der Waals surface area contributed by atoms with E-state index in [0.29, 0.717) is 0 Å². The first-order valence-electron chi connectivity index (χ1n) is 9.40. The summed E-state index contributed by atoms with van der Waals surface area (Å²) >= 11 is 4.72. The molecule has 5 nitrogen and oxygen atoms in total. The fourth-order valence-corrected chi connectivity index (χ4v) is 3.96. The van der Waals surface area contributed by atoms with Crippen LogP contribution in [-0.2, 0) is 0 Å². The van der Waals surface area contributed by atoms with Crippen LogP contribution in [0.25, 0.3) is 0 Å². The van der Waals surface area contributed by atoms with Gasteiger partial charge in [-0.05, 0) is 42.8 Å². The van der Waals surface area contributed by atoms with Gasteiger partial charge in [0.25, 0.3) is 0 Å². The number of hydrogen-bond acceptors (Lipinski definition) is 4. The van der Waals surface area contributed by atoms with E-state index in [2.05, 4.69) is 44.6 Å². The van der Waals surface area contributed by atoms with E-state index in [0.717, 1.165) is 24.7 Å². The summed E-state index contributed by atoms with van der Waals surface area (Å²) in [5, 5.41) is 4.17. The number of hydrogen-bond donors (Lipinski definition) is 2. The van der Waals surface area contributed by atoms with Gasteiger partial charge in [-0.3, -0.25) is 10.3 Å². The van der Waals surface area contributed by atoms with Crippen molar-refractivity contribution in [3.8, 4) is 0 Å². The van der Waals surface area contributed by atoms with Gasteiger partial charge in [0.1, 0.15) is 0 Å². The van der Waals surface area contributed by atoms with Crippen LogP contribution in [-0.4, -0.2) is 48.4 Å². The average Bonchev–Trinajstić information content (AvgIpc) is 2.92. The van der Waals surface area contributed by atoms with Crippen molar-refractivity contribution in [1.82, 2.24) is 10.3 Å². The van der Waals surface area contributed by atoms with Gasteiger partial charge in [0, 0.05) is 37.9 Å². The first kappa shape index (κ1) is 18.1. The highest BCUT2D eigenvalue weighted by molar-refractivity contribution is 7.80. The van der Waals surface area contributed by atoms with Gasteiger partial charge in [0.15, 0.2) is 5.11 Å². The van der Waals surface area contributed by atoms with Crippen molar-refractivity contribution in [2.45, 2.75) is 44.6 Å². The maximum absolute atomic E-state index is 5.35. The highest BCUT2D eigenvalue weighted by Crippen LogP contribution is 2.24. The zero-order chi connectivity index (χ0) is 17.5. The molecule has 1 aromatic rings. The Kier molecular flexibility index (Phi) is 6.64. The lowest BCUT2D eigenvalue weighted by Gasteiger charge is -2.40. The number of nitrogens with zero attached hydrogens (tertiary/aromatic N) is 3. The molecule has 136 valence electrons. The fourth-order valence-electron chi connectivity index (χ4n) is 3.91. The second-order valence-electron chi connectivity index (χ2n) is 6.99. The quantitative estimate of drug-likeness (QED) is 0.375. The zero-order valence-electron chi connectivity index (χ0n) is 14.9. The average molecular weight is 360 g/mol. The number of hydrazone groups is 1. The zero-order valence-corrected chi connectivity index (χ0v) is 15.7. The van der Waals surface area contributed by atoms with Crippen LogP contribution in [0.5, 0.6) is 0 Å². The molecule has 6 heteroatoms. The largest absolute Gasteiger partial charge is 0.375 e. The molecule has 0 bridgehead atoms. The molecule has 0 atom stereocenters. The molecule has 3 rings (SSSR count). The van der Waals surface area contributed by atoms with Crippen molar-refractivity contribution in [1.29, 1.82) is 0 Å². The minimum absolute atomic E-state index is 0.180. The molecule has 3 N–H and O–H groups in total. The monoisotopic (exact) mass is 359 g/mol. The van der Waals surface area contributed by atoms with Crippen LogP contribution >= 0.6 is 12.2 Å². The normalized spacial score (nSPS) is 20.6. The van der Waals surface area contributed by atoms with Crippen LogP contribution in [0.2, 0.25) is 0 Å². The second-order valence-corrected chi connectivity index (χ2v) is 7.43. The van der Waals surface area contributed by atoms with Crippen molar-refractivity contribution in [2.75, 3.05) is 31.1 Å². The van der Waals surface area contributed by atoms with Crippen molar-refractivity contribution < 1.29 is 0 Å². The van der Waals surface area contributed by atoms with E-state index in [1.165, 1.54) is 57.3 Å². The summed E-state index contributed by atoms with van der Waals surface area (Å²) in [6.07, 6.45) is 10.2. The summed E-state index contributed by atoms with van der Waals surface area (Å²) in [5.41, 5.74) is 10.2. The second kappa shape index (κ2) is 9.15. The molecule has 1 aliphatic carbocycles. The molecule has 0 radical (unpaired) electrons. The van der Waals surface area contributed by atoms with Gasteiger partial charge in [-0.15, -0.1) is 0 Å². The van der Waals surface area contributed by atoms with Crippen molar-refractivity contribution in [3.63, 3.8) is 0 Å². The molecule has 0 amide bonds. The molecule has 2 fully saturated rings. The van der Waals surface area contributed by atoms with Crippen LogP contribution in [0.4, 0.5) is 5.69 Å². The van der Waals surface area contributed by atoms with Crippen molar-refractivity contribution in [3.05, 3.63) is 29.8 Å². The van der Waals surface area contributed by atoms with E-state index in [9.17, 15) is 0 Å². The van der Waals surface area contributed by atoms with Crippen LogP contribution in [0.1, 0.15) is 44.1 Å². The summed E-state index contributed by atoms with van der Waals surface area (Å²) in [6, 6.07) is 9.33. The van der Waals surface area contributed by atoms with E-state index < -0.39 is 0 Å². The molecular formula is C19H29N5S. The molecule has 0 spiro atoms. The third-order valence-electron chi connectivity index (χ3n) is 5.30. The molecule has 0 aromatic heterocycles. The Morgan fingerprint density at radius 2 is 1.68 bits per heavy atom. The lowest BCUT2D eigenvalue weighted by Crippen LogP contribution is -2.50. The van der Waals surface area contributed by atoms with Crippen LogP contribution in [0.3, 0.4) is 0 Å². The molecule has 1 saturated heterocycles. The van der Waals surface area contributed by atoms with E-state index in [1.807, 2.05) is 0 Å². The van der Waals surface area contributed by atoms with Gasteiger partial charge in [-0.25, -0.2) is 0 Å². The number of thiocarbonyl (C=S) groups is 1. The fraction of sp³-hybridized carbons (Fsp3) is 0.579. The molecule has 0 unspecified atom stereocenters. The van der Waals surface area contributed by atoms with Crippen LogP contribution in [0.15, 0.2) is 29.4 Å². The number of anilines is 1. The molecule has 1 aromatic carbocycles. The van der Waals surface area contributed by atoms with E-state index in [4.69, 9.17) is 18.0 Å². The third-order valence-corrected chi connectivity index (χ3v) is 5.39. The summed E-state index contributed by atoms with van der Waals surface area (Å²) in [5.74, 6) is 0. The van der Waals surface area contributed by atoms with Crippen molar-refractivity contribution in [2.24, 2.45) is 10.8 Å². The van der Waals surface area contributed by atoms with E-state index in [-0.39, 0.29) is 5.11 Å². The summed E-state index contributed by atoms with van der Waals surface area (Å²) in [4.78, 5) is 5.21. The first-order valence-corrected chi connectivity index (χ1v) is 9.81. The van der Waals surface area contributed by atoms with E-state index >= 15 is 0 Å². The predicted octanol–water partition coefficient (Wildman–Crippen LogP) is 2.70. The number of rotatable bonds is 4. The lowest BCUT2D eigenvalue weighted by atomic mass is 10.1. The van der Waals surface area contributed by atoms with Gasteiger partial charge < -0.3 is 10.6 Å². The number of nitrogens with two attached hydrogens (primary N) is 1. The molecule has 2 aliphatic rings. The van der Waals surface area contributed by atoms with E-state index in [1.54, 1.807) is 6.21 Å². The third kappa shape index (κ3) is 5.41. The molecule has 1 saturated carbocycles.